The van der Waals surface area contributed by atoms with Crippen LogP contribution >= 0.6 is 0 Å². The summed E-state index contributed by atoms with van der Waals surface area (Å²) in [5.41, 5.74) is 0.0728. The van der Waals surface area contributed by atoms with Gasteiger partial charge in [-0.05, 0) is 37.1 Å². The maximum absolute atomic E-state index is 11.0. The lowest BCUT2D eigenvalue weighted by molar-refractivity contribution is 0.0690. The van der Waals surface area contributed by atoms with Crippen LogP contribution in [-0.4, -0.2) is 35.3 Å². The Morgan fingerprint density at radius 3 is 2.77 bits per heavy atom. The van der Waals surface area contributed by atoms with Gasteiger partial charge in [0.2, 0.25) is 0 Å². The van der Waals surface area contributed by atoms with E-state index in [4.69, 9.17) is 9.84 Å². The SMILES string of the molecule is O=C(O)c1cccc(N2CCCC(Oc3ccccc3)C2)n1. The molecule has 1 aliphatic heterocycles. The average molecular weight is 298 g/mol. The molecule has 1 aliphatic rings. The van der Waals surface area contributed by atoms with E-state index in [9.17, 15) is 4.79 Å². The molecule has 22 heavy (non-hydrogen) atoms. The summed E-state index contributed by atoms with van der Waals surface area (Å²) >= 11 is 0. The predicted molar refractivity (Wildman–Crippen MR) is 83.5 cm³/mol. The molecule has 0 bridgehead atoms. The number of piperidine rings is 1. The number of nitrogens with zero attached hydrogens (tertiary/aromatic N) is 2. The lowest BCUT2D eigenvalue weighted by atomic mass is 10.1. The number of aromatic carboxylic acids is 1. The summed E-state index contributed by atoms with van der Waals surface area (Å²) in [5, 5.41) is 9.05. The van der Waals surface area contributed by atoms with Crippen molar-refractivity contribution in [1.29, 1.82) is 0 Å². The van der Waals surface area contributed by atoms with Crippen LogP contribution in [0.25, 0.3) is 0 Å². The molecule has 1 unspecified atom stereocenters. The summed E-state index contributed by atoms with van der Waals surface area (Å²) < 4.78 is 6.00. The summed E-state index contributed by atoms with van der Waals surface area (Å²) in [4.78, 5) is 17.3. The molecule has 1 N–H and O–H groups in total. The van der Waals surface area contributed by atoms with Crippen LogP contribution in [0.1, 0.15) is 23.3 Å². The highest BCUT2D eigenvalue weighted by atomic mass is 16.5. The maximum atomic E-state index is 11.0. The van der Waals surface area contributed by atoms with E-state index in [2.05, 4.69) is 9.88 Å². The van der Waals surface area contributed by atoms with Gasteiger partial charge < -0.3 is 14.7 Å². The average Bonchev–Trinajstić information content (AvgIpc) is 2.56. The van der Waals surface area contributed by atoms with Crippen LogP contribution in [0.5, 0.6) is 5.75 Å². The van der Waals surface area contributed by atoms with Crippen LogP contribution < -0.4 is 9.64 Å². The Kier molecular flexibility index (Phi) is 4.23. The van der Waals surface area contributed by atoms with Crippen LogP contribution in [0.3, 0.4) is 0 Å². The van der Waals surface area contributed by atoms with Crippen LogP contribution in [0.2, 0.25) is 0 Å². The highest BCUT2D eigenvalue weighted by molar-refractivity contribution is 5.85. The molecular formula is C17H18N2O3. The van der Waals surface area contributed by atoms with E-state index in [1.54, 1.807) is 6.07 Å². The van der Waals surface area contributed by atoms with E-state index in [0.29, 0.717) is 12.4 Å². The van der Waals surface area contributed by atoms with Crippen molar-refractivity contribution < 1.29 is 14.6 Å². The van der Waals surface area contributed by atoms with Gasteiger partial charge in [-0.25, -0.2) is 9.78 Å². The molecule has 1 atom stereocenters. The molecule has 1 aromatic carbocycles. The number of ether oxygens (including phenoxy) is 1. The zero-order chi connectivity index (χ0) is 15.4. The lowest BCUT2D eigenvalue weighted by Gasteiger charge is -2.33. The molecule has 0 spiro atoms. The Balaban J connectivity index is 1.70. The molecule has 0 radical (unpaired) electrons. The number of carboxylic acid groups (broad SMARTS) is 1. The second-order valence-corrected chi connectivity index (χ2v) is 5.33. The Morgan fingerprint density at radius 1 is 1.18 bits per heavy atom. The Labute approximate surface area is 129 Å². The number of benzene rings is 1. The smallest absolute Gasteiger partial charge is 0.354 e. The molecule has 0 aliphatic carbocycles. The zero-order valence-electron chi connectivity index (χ0n) is 12.2. The third-order valence-corrected chi connectivity index (χ3v) is 3.70. The highest BCUT2D eigenvalue weighted by Gasteiger charge is 2.22. The summed E-state index contributed by atoms with van der Waals surface area (Å²) in [6.07, 6.45) is 2.08. The zero-order valence-corrected chi connectivity index (χ0v) is 12.2. The quantitative estimate of drug-likeness (QED) is 0.940. The largest absolute Gasteiger partial charge is 0.489 e. The van der Waals surface area contributed by atoms with E-state index in [1.807, 2.05) is 36.4 Å². The van der Waals surface area contributed by atoms with Crippen molar-refractivity contribution in [2.75, 3.05) is 18.0 Å². The fourth-order valence-electron chi connectivity index (χ4n) is 2.65. The van der Waals surface area contributed by atoms with Gasteiger partial charge in [-0.2, -0.15) is 0 Å². The number of pyridine rings is 1. The van der Waals surface area contributed by atoms with Crippen molar-refractivity contribution in [3.8, 4) is 5.75 Å². The molecule has 1 saturated heterocycles. The standard InChI is InChI=1S/C17H18N2O3/c20-17(21)15-9-4-10-16(18-15)19-11-5-8-14(12-19)22-13-6-2-1-3-7-13/h1-4,6-7,9-10,14H,5,8,11-12H2,(H,20,21). The van der Waals surface area contributed by atoms with E-state index < -0.39 is 5.97 Å². The number of aromatic nitrogens is 1. The van der Waals surface area contributed by atoms with Gasteiger partial charge in [0, 0.05) is 6.54 Å². The van der Waals surface area contributed by atoms with Crippen LogP contribution in [0.15, 0.2) is 48.5 Å². The van der Waals surface area contributed by atoms with Crippen molar-refractivity contribution in [3.63, 3.8) is 0 Å². The molecule has 2 aromatic rings. The van der Waals surface area contributed by atoms with Crippen molar-refractivity contribution >= 4 is 11.8 Å². The Hall–Kier alpha value is -2.56. The predicted octanol–water partition coefficient (Wildman–Crippen LogP) is 2.83. The Morgan fingerprint density at radius 2 is 2.00 bits per heavy atom. The maximum Gasteiger partial charge on any atom is 0.354 e. The molecule has 114 valence electrons. The second-order valence-electron chi connectivity index (χ2n) is 5.33. The van der Waals surface area contributed by atoms with E-state index in [0.717, 1.165) is 25.1 Å². The first kappa shape index (κ1) is 14.4. The summed E-state index contributed by atoms with van der Waals surface area (Å²) in [5.74, 6) is 0.554. The lowest BCUT2D eigenvalue weighted by Crippen LogP contribution is -2.41. The fourth-order valence-corrected chi connectivity index (χ4v) is 2.65. The molecular weight excluding hydrogens is 280 g/mol. The normalized spacial score (nSPS) is 18.0. The number of hydrogen-bond donors (Lipinski definition) is 1. The van der Waals surface area contributed by atoms with E-state index in [-0.39, 0.29) is 11.8 Å². The number of para-hydroxylation sites is 1. The van der Waals surface area contributed by atoms with E-state index in [1.165, 1.54) is 6.07 Å². The minimum atomic E-state index is -1.00. The molecule has 5 nitrogen and oxygen atoms in total. The molecule has 1 aromatic heterocycles. The van der Waals surface area contributed by atoms with Gasteiger partial charge in [0.25, 0.3) is 0 Å². The first-order valence-corrected chi connectivity index (χ1v) is 7.39. The minimum Gasteiger partial charge on any atom is -0.489 e. The summed E-state index contributed by atoms with van der Waals surface area (Å²) in [7, 11) is 0. The molecule has 3 rings (SSSR count). The molecule has 2 heterocycles. The van der Waals surface area contributed by atoms with Gasteiger partial charge in [-0.1, -0.05) is 24.3 Å². The summed E-state index contributed by atoms with van der Waals surface area (Å²) in [6.45, 7) is 1.58. The first-order chi connectivity index (χ1) is 10.7. The number of hydrogen-bond acceptors (Lipinski definition) is 4. The van der Waals surface area contributed by atoms with Gasteiger partial charge in [-0.3, -0.25) is 0 Å². The number of anilines is 1. The third kappa shape index (κ3) is 3.36. The van der Waals surface area contributed by atoms with Gasteiger partial charge >= 0.3 is 5.97 Å². The number of rotatable bonds is 4. The van der Waals surface area contributed by atoms with Crippen molar-refractivity contribution in [2.45, 2.75) is 18.9 Å². The molecule has 0 saturated carbocycles. The molecule has 0 amide bonds. The first-order valence-electron chi connectivity index (χ1n) is 7.39. The number of carbonyl (C=O) groups is 1. The van der Waals surface area contributed by atoms with Crippen LogP contribution in [-0.2, 0) is 0 Å². The van der Waals surface area contributed by atoms with Crippen LogP contribution in [0, 0.1) is 0 Å². The topological polar surface area (TPSA) is 62.7 Å². The molecule has 1 fully saturated rings. The Bertz CT molecular complexity index is 645. The third-order valence-electron chi connectivity index (χ3n) is 3.70. The van der Waals surface area contributed by atoms with Gasteiger partial charge in [0.1, 0.15) is 17.7 Å². The van der Waals surface area contributed by atoms with E-state index >= 15 is 0 Å². The van der Waals surface area contributed by atoms with Gasteiger partial charge in [0.15, 0.2) is 5.69 Å². The minimum absolute atomic E-state index is 0.0728. The molecule has 5 heteroatoms. The van der Waals surface area contributed by atoms with Crippen molar-refractivity contribution in [3.05, 3.63) is 54.2 Å². The van der Waals surface area contributed by atoms with Crippen molar-refractivity contribution in [2.24, 2.45) is 0 Å². The number of carboxylic acids is 1. The second kappa shape index (κ2) is 6.47. The summed E-state index contributed by atoms with van der Waals surface area (Å²) in [6, 6.07) is 14.8. The van der Waals surface area contributed by atoms with Gasteiger partial charge in [-0.15, -0.1) is 0 Å². The van der Waals surface area contributed by atoms with Gasteiger partial charge in [0.05, 0.1) is 6.54 Å². The van der Waals surface area contributed by atoms with Crippen LogP contribution in [0.4, 0.5) is 5.82 Å². The monoisotopic (exact) mass is 298 g/mol. The highest BCUT2D eigenvalue weighted by Crippen LogP contribution is 2.22. The van der Waals surface area contributed by atoms with Crippen molar-refractivity contribution in [1.82, 2.24) is 4.98 Å². The fraction of sp³-hybridized carbons (Fsp3) is 0.294.